The third-order valence-electron chi connectivity index (χ3n) is 2.40. The molecule has 76 valence electrons. The van der Waals surface area contributed by atoms with E-state index in [1.807, 2.05) is 0 Å². The number of benzene rings is 1. The van der Waals surface area contributed by atoms with Gasteiger partial charge in [0.25, 0.3) is 0 Å². The Morgan fingerprint density at radius 2 is 1.94 bits per heavy atom. The summed E-state index contributed by atoms with van der Waals surface area (Å²) in [5.41, 5.74) is 6.31. The molecule has 0 fully saturated rings. The van der Waals surface area contributed by atoms with E-state index in [1.165, 1.54) is 0 Å². The summed E-state index contributed by atoms with van der Waals surface area (Å²) in [5.74, 6) is -2.57. The van der Waals surface area contributed by atoms with Gasteiger partial charge in [-0.15, -0.1) is 0 Å². The van der Waals surface area contributed by atoms with Crippen LogP contribution in [0.15, 0.2) is 36.0 Å². The number of aliphatic carboxylic acids is 1. The number of hydrogen-bond acceptors (Lipinski definition) is 4. The number of rotatable bonds is 1. The summed E-state index contributed by atoms with van der Waals surface area (Å²) >= 11 is 0. The molecular weight excluding hydrogens is 217 g/mol. The summed E-state index contributed by atoms with van der Waals surface area (Å²) in [6, 6.07) is 6.50. The van der Waals surface area contributed by atoms with Crippen molar-refractivity contribution >= 4 is 11.8 Å². The molecule has 1 atom stereocenters. The molecule has 1 aliphatic carbocycles. The Morgan fingerprint density at radius 3 is 2.56 bits per heavy atom. The predicted octanol–water partition coefficient (Wildman–Crippen LogP) is -3.44. The third-order valence-corrected chi connectivity index (χ3v) is 2.40. The van der Waals surface area contributed by atoms with E-state index in [9.17, 15) is 14.7 Å². The van der Waals surface area contributed by atoms with Crippen molar-refractivity contribution in [1.82, 2.24) is 0 Å². The van der Waals surface area contributed by atoms with Crippen molar-refractivity contribution in [2.75, 3.05) is 0 Å². The van der Waals surface area contributed by atoms with Crippen LogP contribution >= 0.6 is 0 Å². The van der Waals surface area contributed by atoms with Gasteiger partial charge < -0.3 is 15.6 Å². The van der Waals surface area contributed by atoms with Crippen LogP contribution < -0.4 is 40.4 Å². The predicted molar refractivity (Wildman–Crippen MR) is 50.8 cm³/mol. The standard InChI is InChI=1S/C11H9NO3.Na/c12-8-5-9(13)6-3-1-2-4-7(6)10(8)11(14)15;/h1-5,10H,12H2,(H,14,15);/q;+1/p-1. The van der Waals surface area contributed by atoms with Crippen LogP contribution in [0.5, 0.6) is 0 Å². The van der Waals surface area contributed by atoms with E-state index in [-0.39, 0.29) is 41.0 Å². The zero-order valence-electron chi connectivity index (χ0n) is 8.77. The summed E-state index contributed by atoms with van der Waals surface area (Å²) in [6.45, 7) is 0. The zero-order chi connectivity index (χ0) is 11.0. The first-order valence-corrected chi connectivity index (χ1v) is 4.42. The van der Waals surface area contributed by atoms with Gasteiger partial charge in [-0.1, -0.05) is 24.3 Å². The number of carboxylic acid groups (broad SMARTS) is 1. The monoisotopic (exact) mass is 225 g/mol. The van der Waals surface area contributed by atoms with Crippen LogP contribution in [-0.2, 0) is 4.79 Å². The van der Waals surface area contributed by atoms with Gasteiger partial charge in [-0.2, -0.15) is 0 Å². The van der Waals surface area contributed by atoms with Crippen molar-refractivity contribution < 1.29 is 44.3 Å². The molecule has 4 nitrogen and oxygen atoms in total. The smallest absolute Gasteiger partial charge is 0.549 e. The number of carboxylic acids is 1. The maximum atomic E-state index is 11.5. The average Bonchev–Trinajstić information content (AvgIpc) is 2.17. The number of carbonyl (C=O) groups is 2. The van der Waals surface area contributed by atoms with Gasteiger partial charge >= 0.3 is 29.6 Å². The molecule has 16 heavy (non-hydrogen) atoms. The summed E-state index contributed by atoms with van der Waals surface area (Å²) in [5, 5.41) is 10.9. The Morgan fingerprint density at radius 1 is 1.31 bits per heavy atom. The van der Waals surface area contributed by atoms with Gasteiger partial charge in [0, 0.05) is 17.3 Å². The SMILES string of the molecule is NC1=CC(=O)c2ccccc2C1C(=O)[O-].[Na+]. The normalized spacial score (nSPS) is 18.1. The third kappa shape index (κ3) is 2.04. The Balaban J connectivity index is 0.00000128. The molecule has 1 aromatic rings. The van der Waals surface area contributed by atoms with Crippen LogP contribution in [0, 0.1) is 0 Å². The largest absolute Gasteiger partial charge is 1.00 e. The van der Waals surface area contributed by atoms with Crippen molar-refractivity contribution in [2.45, 2.75) is 5.92 Å². The zero-order valence-corrected chi connectivity index (χ0v) is 10.8. The number of carbonyl (C=O) groups excluding carboxylic acids is 2. The van der Waals surface area contributed by atoms with Crippen molar-refractivity contribution in [3.05, 3.63) is 47.2 Å². The number of hydrogen-bond donors (Lipinski definition) is 1. The van der Waals surface area contributed by atoms with Crippen LogP contribution in [0.1, 0.15) is 21.8 Å². The van der Waals surface area contributed by atoms with Gasteiger partial charge in [0.1, 0.15) is 0 Å². The molecule has 0 bridgehead atoms. The summed E-state index contributed by atoms with van der Waals surface area (Å²) in [6.07, 6.45) is 1.14. The number of fused-ring (bicyclic) bond motifs is 1. The fourth-order valence-corrected chi connectivity index (χ4v) is 1.73. The quantitative estimate of drug-likeness (QED) is 0.504. The van der Waals surface area contributed by atoms with E-state index in [4.69, 9.17) is 5.73 Å². The van der Waals surface area contributed by atoms with Crippen molar-refractivity contribution in [3.8, 4) is 0 Å². The molecule has 2 N–H and O–H groups in total. The first kappa shape index (κ1) is 13.0. The van der Waals surface area contributed by atoms with E-state index in [2.05, 4.69) is 0 Å². The molecule has 1 aliphatic rings. The molecule has 0 aromatic heterocycles. The van der Waals surface area contributed by atoms with Gasteiger partial charge in [-0.25, -0.2) is 0 Å². The van der Waals surface area contributed by atoms with E-state index in [0.29, 0.717) is 11.1 Å². The first-order chi connectivity index (χ1) is 7.11. The van der Waals surface area contributed by atoms with Crippen molar-refractivity contribution in [2.24, 2.45) is 5.73 Å². The fourth-order valence-electron chi connectivity index (χ4n) is 1.73. The second-order valence-corrected chi connectivity index (χ2v) is 3.35. The summed E-state index contributed by atoms with van der Waals surface area (Å²) in [7, 11) is 0. The Bertz CT molecular complexity index is 482. The molecule has 5 heteroatoms. The summed E-state index contributed by atoms with van der Waals surface area (Å²) < 4.78 is 0. The molecule has 0 amide bonds. The Kier molecular flexibility index (Phi) is 3.91. The molecule has 1 unspecified atom stereocenters. The van der Waals surface area contributed by atoms with E-state index >= 15 is 0 Å². The van der Waals surface area contributed by atoms with Crippen molar-refractivity contribution in [3.63, 3.8) is 0 Å². The number of allylic oxidation sites excluding steroid dienone is 1. The van der Waals surface area contributed by atoms with Crippen molar-refractivity contribution in [1.29, 1.82) is 0 Å². The second kappa shape index (κ2) is 4.82. The van der Waals surface area contributed by atoms with Crippen LogP contribution in [-0.4, -0.2) is 11.8 Å². The summed E-state index contributed by atoms with van der Waals surface area (Å²) in [4.78, 5) is 22.4. The number of nitrogens with two attached hydrogens (primary N) is 1. The molecule has 2 rings (SSSR count). The Hall–Kier alpha value is -1.10. The molecule has 1 aromatic carbocycles. The maximum Gasteiger partial charge on any atom is 1.00 e. The molecule has 0 heterocycles. The van der Waals surface area contributed by atoms with Crippen LogP contribution in [0.2, 0.25) is 0 Å². The topological polar surface area (TPSA) is 83.2 Å². The average molecular weight is 225 g/mol. The second-order valence-electron chi connectivity index (χ2n) is 3.35. The minimum Gasteiger partial charge on any atom is -0.549 e. The Labute approximate surface area is 114 Å². The molecule has 0 spiro atoms. The van der Waals surface area contributed by atoms with Gasteiger partial charge in [0.15, 0.2) is 5.78 Å². The van der Waals surface area contributed by atoms with Crippen LogP contribution in [0.25, 0.3) is 0 Å². The molecule has 0 saturated carbocycles. The maximum absolute atomic E-state index is 11.5. The fraction of sp³-hybridized carbons (Fsp3) is 0.0909. The minimum atomic E-state index is -1.29. The molecule has 0 aliphatic heterocycles. The molecule has 0 radical (unpaired) electrons. The molecular formula is C11H8NNaO3. The minimum absolute atomic E-state index is 0. The van der Waals surface area contributed by atoms with Crippen LogP contribution in [0.3, 0.4) is 0 Å². The van der Waals surface area contributed by atoms with Gasteiger partial charge in [0.2, 0.25) is 0 Å². The number of ketones is 1. The van der Waals surface area contributed by atoms with E-state index in [1.54, 1.807) is 24.3 Å². The van der Waals surface area contributed by atoms with Crippen LogP contribution in [0.4, 0.5) is 0 Å². The first-order valence-electron chi connectivity index (χ1n) is 4.42. The van der Waals surface area contributed by atoms with E-state index in [0.717, 1.165) is 6.08 Å². The van der Waals surface area contributed by atoms with Gasteiger partial charge in [0.05, 0.1) is 11.9 Å². The van der Waals surface area contributed by atoms with Gasteiger partial charge in [-0.3, -0.25) is 4.79 Å². The van der Waals surface area contributed by atoms with Gasteiger partial charge in [-0.05, 0) is 5.56 Å². The van der Waals surface area contributed by atoms with E-state index < -0.39 is 11.9 Å². The molecule has 0 saturated heterocycles.